The van der Waals surface area contributed by atoms with E-state index in [1.54, 1.807) is 18.4 Å². The maximum atomic E-state index is 13.2. The van der Waals surface area contributed by atoms with Crippen LogP contribution < -0.4 is 0 Å². The van der Waals surface area contributed by atoms with Crippen molar-refractivity contribution in [3.63, 3.8) is 0 Å². The second-order valence-electron chi connectivity index (χ2n) is 4.34. The molecule has 17 heavy (non-hydrogen) atoms. The van der Waals surface area contributed by atoms with Crippen molar-refractivity contribution >= 4 is 0 Å². The topological polar surface area (TPSA) is 29.5 Å². The maximum absolute atomic E-state index is 13.2. The summed E-state index contributed by atoms with van der Waals surface area (Å²) >= 11 is 0. The molecule has 0 saturated carbocycles. The molecule has 1 aromatic rings. The van der Waals surface area contributed by atoms with E-state index >= 15 is 0 Å². The Morgan fingerprint density at radius 3 is 2.88 bits per heavy atom. The zero-order chi connectivity index (χ0) is 12.3. The van der Waals surface area contributed by atoms with Crippen LogP contribution in [0.1, 0.15) is 31.7 Å². The molecule has 0 bridgehead atoms. The van der Waals surface area contributed by atoms with Crippen molar-refractivity contribution in [2.75, 3.05) is 6.61 Å². The minimum Gasteiger partial charge on any atom is -0.501 e. The number of rotatable bonds is 3. The lowest BCUT2D eigenvalue weighted by molar-refractivity contribution is 0.0555. The van der Waals surface area contributed by atoms with Crippen LogP contribution in [-0.2, 0) is 10.3 Å². The molecule has 1 N–H and O–H groups in total. The van der Waals surface area contributed by atoms with Crippen LogP contribution in [0, 0.1) is 5.82 Å². The van der Waals surface area contributed by atoms with E-state index in [1.165, 1.54) is 12.1 Å². The zero-order valence-electron chi connectivity index (χ0n) is 9.95. The second-order valence-corrected chi connectivity index (χ2v) is 4.34. The van der Waals surface area contributed by atoms with Gasteiger partial charge in [0.2, 0.25) is 0 Å². The first kappa shape index (κ1) is 12.1. The molecule has 0 amide bonds. The van der Waals surface area contributed by atoms with Crippen LogP contribution in [-0.4, -0.2) is 11.7 Å². The summed E-state index contributed by atoms with van der Waals surface area (Å²) in [6.45, 7) is 2.58. The summed E-state index contributed by atoms with van der Waals surface area (Å²) in [6, 6.07) is 6.14. The molecule has 1 aliphatic heterocycles. The third-order valence-corrected chi connectivity index (χ3v) is 3.28. The van der Waals surface area contributed by atoms with E-state index in [-0.39, 0.29) is 5.82 Å². The summed E-state index contributed by atoms with van der Waals surface area (Å²) < 4.78 is 18.5. The van der Waals surface area contributed by atoms with Gasteiger partial charge in [-0.15, -0.1) is 0 Å². The van der Waals surface area contributed by atoms with Gasteiger partial charge in [0.1, 0.15) is 11.4 Å². The molecule has 0 aromatic heterocycles. The largest absolute Gasteiger partial charge is 0.501 e. The highest BCUT2D eigenvalue weighted by Gasteiger charge is 2.33. The number of benzene rings is 1. The van der Waals surface area contributed by atoms with Gasteiger partial charge in [0.05, 0.1) is 12.9 Å². The van der Waals surface area contributed by atoms with Crippen molar-refractivity contribution in [3.05, 3.63) is 47.5 Å². The van der Waals surface area contributed by atoms with Crippen LogP contribution in [0.3, 0.4) is 0 Å². The lowest BCUT2D eigenvalue weighted by Gasteiger charge is -2.32. The SMILES string of the molecule is CCC(O)(C1=COCCC1)c1cccc(F)c1. The van der Waals surface area contributed by atoms with Gasteiger partial charge in [-0.05, 0) is 37.0 Å². The van der Waals surface area contributed by atoms with E-state index < -0.39 is 5.60 Å². The van der Waals surface area contributed by atoms with Crippen LogP contribution in [0.15, 0.2) is 36.1 Å². The van der Waals surface area contributed by atoms with Gasteiger partial charge in [0.15, 0.2) is 0 Å². The Morgan fingerprint density at radius 1 is 1.47 bits per heavy atom. The molecule has 92 valence electrons. The highest BCUT2D eigenvalue weighted by molar-refractivity contribution is 5.32. The molecule has 0 aliphatic carbocycles. The van der Waals surface area contributed by atoms with Gasteiger partial charge < -0.3 is 9.84 Å². The highest BCUT2D eigenvalue weighted by Crippen LogP contribution is 2.36. The highest BCUT2D eigenvalue weighted by atomic mass is 19.1. The minimum absolute atomic E-state index is 0.327. The third-order valence-electron chi connectivity index (χ3n) is 3.28. The Kier molecular flexibility index (Phi) is 3.48. The predicted molar refractivity (Wildman–Crippen MR) is 63.9 cm³/mol. The molecule has 2 rings (SSSR count). The molecule has 2 nitrogen and oxygen atoms in total. The van der Waals surface area contributed by atoms with E-state index in [0.717, 1.165) is 18.4 Å². The van der Waals surface area contributed by atoms with Crippen molar-refractivity contribution in [1.82, 2.24) is 0 Å². The quantitative estimate of drug-likeness (QED) is 0.873. The molecule has 3 heteroatoms. The fourth-order valence-electron chi connectivity index (χ4n) is 2.23. The zero-order valence-corrected chi connectivity index (χ0v) is 9.95. The Bertz CT molecular complexity index is 428. The number of aliphatic hydroxyl groups is 1. The number of halogens is 1. The molecule has 1 unspecified atom stereocenters. The predicted octanol–water partition coefficient (Wildman–Crippen LogP) is 3.12. The van der Waals surface area contributed by atoms with Gasteiger partial charge in [0.25, 0.3) is 0 Å². The average Bonchev–Trinajstić information content (AvgIpc) is 2.39. The summed E-state index contributed by atoms with van der Waals surface area (Å²) in [7, 11) is 0. The maximum Gasteiger partial charge on any atom is 0.123 e. The minimum atomic E-state index is -1.11. The van der Waals surface area contributed by atoms with Crippen molar-refractivity contribution in [2.45, 2.75) is 31.8 Å². The smallest absolute Gasteiger partial charge is 0.123 e. The van der Waals surface area contributed by atoms with Gasteiger partial charge in [0, 0.05) is 5.57 Å². The fourth-order valence-corrected chi connectivity index (χ4v) is 2.23. The molecular formula is C14H17FO2. The second kappa shape index (κ2) is 4.88. The standard InChI is InChI=1S/C14H17FO2/c1-2-14(16,12-6-4-8-17-10-12)11-5-3-7-13(15)9-11/h3,5,7,9-10,16H,2,4,6,8H2,1H3. The first-order valence-electron chi connectivity index (χ1n) is 5.96. The van der Waals surface area contributed by atoms with Crippen LogP contribution in [0.25, 0.3) is 0 Å². The molecule has 0 fully saturated rings. The Labute approximate surface area is 101 Å². The van der Waals surface area contributed by atoms with Gasteiger partial charge in [-0.1, -0.05) is 19.1 Å². The molecule has 0 spiro atoms. The molecule has 1 heterocycles. The summed E-state index contributed by atoms with van der Waals surface area (Å²) in [4.78, 5) is 0. The summed E-state index contributed by atoms with van der Waals surface area (Å²) in [5.41, 5.74) is 0.316. The van der Waals surface area contributed by atoms with Gasteiger partial charge in [-0.2, -0.15) is 0 Å². The molecule has 1 atom stereocenters. The number of hydrogen-bond acceptors (Lipinski definition) is 2. The van der Waals surface area contributed by atoms with Crippen LogP contribution >= 0.6 is 0 Å². The normalized spacial score (nSPS) is 19.1. The third kappa shape index (κ3) is 2.34. The van der Waals surface area contributed by atoms with E-state index in [0.29, 0.717) is 18.6 Å². The average molecular weight is 236 g/mol. The van der Waals surface area contributed by atoms with E-state index in [9.17, 15) is 9.50 Å². The number of hydrogen-bond donors (Lipinski definition) is 1. The van der Waals surface area contributed by atoms with Crippen molar-refractivity contribution < 1.29 is 14.2 Å². The Balaban J connectivity index is 2.39. The lowest BCUT2D eigenvalue weighted by Crippen LogP contribution is -2.29. The number of ether oxygens (including phenoxy) is 1. The summed E-state index contributed by atoms with van der Waals surface area (Å²) in [5.74, 6) is -0.327. The molecular weight excluding hydrogens is 219 g/mol. The fraction of sp³-hybridized carbons (Fsp3) is 0.429. The monoisotopic (exact) mass is 236 g/mol. The molecule has 1 aliphatic rings. The van der Waals surface area contributed by atoms with E-state index in [2.05, 4.69) is 0 Å². The van der Waals surface area contributed by atoms with Crippen molar-refractivity contribution in [1.29, 1.82) is 0 Å². The van der Waals surface area contributed by atoms with E-state index in [1.807, 2.05) is 6.92 Å². The first-order chi connectivity index (χ1) is 8.16. The van der Waals surface area contributed by atoms with Gasteiger partial charge in [-0.25, -0.2) is 4.39 Å². The molecule has 0 saturated heterocycles. The van der Waals surface area contributed by atoms with E-state index in [4.69, 9.17) is 4.74 Å². The van der Waals surface area contributed by atoms with Crippen LogP contribution in [0.2, 0.25) is 0 Å². The van der Waals surface area contributed by atoms with Crippen molar-refractivity contribution in [2.24, 2.45) is 0 Å². The molecule has 1 aromatic carbocycles. The van der Waals surface area contributed by atoms with Crippen LogP contribution in [0.4, 0.5) is 4.39 Å². The van der Waals surface area contributed by atoms with Crippen LogP contribution in [0.5, 0.6) is 0 Å². The Morgan fingerprint density at radius 2 is 2.29 bits per heavy atom. The van der Waals surface area contributed by atoms with Gasteiger partial charge >= 0.3 is 0 Å². The molecule has 0 radical (unpaired) electrons. The summed E-state index contributed by atoms with van der Waals surface area (Å²) in [5, 5.41) is 10.7. The van der Waals surface area contributed by atoms with Gasteiger partial charge in [-0.3, -0.25) is 0 Å². The summed E-state index contributed by atoms with van der Waals surface area (Å²) in [6.07, 6.45) is 3.81. The Hall–Kier alpha value is -1.35. The lowest BCUT2D eigenvalue weighted by atomic mass is 9.82. The van der Waals surface area contributed by atoms with Crippen molar-refractivity contribution in [3.8, 4) is 0 Å². The first-order valence-corrected chi connectivity index (χ1v) is 5.96.